The Morgan fingerprint density at radius 1 is 1.06 bits per heavy atom. The standard InChI is InChI=1S/C15H15N3/c1-12(13-5-3-2-4-6-13)18-15(11-16)14-7-9-17-10-8-14/h2-10,12,15,18H,1H3/t12-,15+/m0/s1. The lowest BCUT2D eigenvalue weighted by Gasteiger charge is -2.18. The number of rotatable bonds is 4. The van der Waals surface area contributed by atoms with Crippen molar-refractivity contribution in [2.24, 2.45) is 0 Å². The van der Waals surface area contributed by atoms with Crippen LogP contribution in [0.2, 0.25) is 0 Å². The van der Waals surface area contributed by atoms with Gasteiger partial charge in [0.05, 0.1) is 6.07 Å². The predicted molar refractivity (Wildman–Crippen MR) is 70.6 cm³/mol. The molecule has 0 unspecified atom stereocenters. The molecule has 0 radical (unpaired) electrons. The Morgan fingerprint density at radius 3 is 2.33 bits per heavy atom. The molecule has 18 heavy (non-hydrogen) atoms. The number of nitriles is 1. The summed E-state index contributed by atoms with van der Waals surface area (Å²) in [5.41, 5.74) is 2.11. The van der Waals surface area contributed by atoms with Crippen LogP contribution in [-0.2, 0) is 0 Å². The first-order valence-corrected chi connectivity index (χ1v) is 5.92. The van der Waals surface area contributed by atoms with Gasteiger partial charge in [-0.05, 0) is 30.2 Å². The smallest absolute Gasteiger partial charge is 0.121 e. The summed E-state index contributed by atoms with van der Waals surface area (Å²) in [7, 11) is 0. The Morgan fingerprint density at radius 2 is 1.72 bits per heavy atom. The Labute approximate surface area is 107 Å². The summed E-state index contributed by atoms with van der Waals surface area (Å²) in [6, 6.07) is 15.9. The first kappa shape index (κ1) is 12.3. The van der Waals surface area contributed by atoms with E-state index in [1.807, 2.05) is 30.3 Å². The van der Waals surface area contributed by atoms with Crippen molar-refractivity contribution in [1.29, 1.82) is 5.26 Å². The molecule has 2 aromatic rings. The zero-order valence-corrected chi connectivity index (χ0v) is 10.2. The average Bonchev–Trinajstić information content (AvgIpc) is 2.46. The maximum absolute atomic E-state index is 9.24. The summed E-state index contributed by atoms with van der Waals surface area (Å²) in [5, 5.41) is 12.6. The molecule has 0 amide bonds. The number of benzene rings is 1. The van der Waals surface area contributed by atoms with E-state index in [2.05, 4.69) is 35.4 Å². The van der Waals surface area contributed by atoms with E-state index in [-0.39, 0.29) is 12.1 Å². The van der Waals surface area contributed by atoms with Gasteiger partial charge in [-0.15, -0.1) is 0 Å². The van der Waals surface area contributed by atoms with Crippen molar-refractivity contribution >= 4 is 0 Å². The fourth-order valence-corrected chi connectivity index (χ4v) is 1.85. The maximum atomic E-state index is 9.24. The summed E-state index contributed by atoms with van der Waals surface area (Å²) in [4.78, 5) is 3.96. The molecule has 0 bridgehead atoms. The molecular formula is C15H15N3. The first-order chi connectivity index (χ1) is 8.81. The van der Waals surface area contributed by atoms with E-state index in [0.717, 1.165) is 5.56 Å². The van der Waals surface area contributed by atoms with E-state index in [1.54, 1.807) is 12.4 Å². The first-order valence-electron chi connectivity index (χ1n) is 5.92. The quantitative estimate of drug-likeness (QED) is 0.889. The number of aromatic nitrogens is 1. The molecule has 2 atom stereocenters. The van der Waals surface area contributed by atoms with Crippen LogP contribution >= 0.6 is 0 Å². The van der Waals surface area contributed by atoms with Crippen molar-refractivity contribution in [1.82, 2.24) is 10.3 Å². The van der Waals surface area contributed by atoms with E-state index in [1.165, 1.54) is 5.56 Å². The fourth-order valence-electron chi connectivity index (χ4n) is 1.85. The van der Waals surface area contributed by atoms with Crippen LogP contribution in [0.15, 0.2) is 54.9 Å². The van der Waals surface area contributed by atoms with E-state index in [0.29, 0.717) is 0 Å². The van der Waals surface area contributed by atoms with Crippen molar-refractivity contribution in [2.45, 2.75) is 19.0 Å². The van der Waals surface area contributed by atoms with Gasteiger partial charge in [0.1, 0.15) is 6.04 Å². The lowest BCUT2D eigenvalue weighted by molar-refractivity contribution is 0.533. The molecule has 0 spiro atoms. The molecule has 1 N–H and O–H groups in total. The van der Waals surface area contributed by atoms with Crippen LogP contribution in [0.3, 0.4) is 0 Å². The Hall–Kier alpha value is -2.18. The number of pyridine rings is 1. The summed E-state index contributed by atoms with van der Waals surface area (Å²) >= 11 is 0. The zero-order chi connectivity index (χ0) is 12.8. The van der Waals surface area contributed by atoms with E-state index >= 15 is 0 Å². The molecule has 90 valence electrons. The second kappa shape index (κ2) is 5.95. The van der Waals surface area contributed by atoms with Crippen molar-refractivity contribution in [3.63, 3.8) is 0 Å². The molecular weight excluding hydrogens is 222 g/mol. The van der Waals surface area contributed by atoms with Crippen molar-refractivity contribution in [2.75, 3.05) is 0 Å². The molecule has 1 aromatic carbocycles. The van der Waals surface area contributed by atoms with Gasteiger partial charge in [-0.1, -0.05) is 30.3 Å². The van der Waals surface area contributed by atoms with Crippen LogP contribution in [0.5, 0.6) is 0 Å². The van der Waals surface area contributed by atoms with Gasteiger partial charge in [-0.3, -0.25) is 10.3 Å². The lowest BCUT2D eigenvalue weighted by Crippen LogP contribution is -2.23. The van der Waals surface area contributed by atoms with Crippen LogP contribution in [0.25, 0.3) is 0 Å². The molecule has 3 heteroatoms. The van der Waals surface area contributed by atoms with Crippen LogP contribution in [0.1, 0.15) is 30.1 Å². The highest BCUT2D eigenvalue weighted by Crippen LogP contribution is 2.18. The van der Waals surface area contributed by atoms with Gasteiger partial charge in [0.2, 0.25) is 0 Å². The van der Waals surface area contributed by atoms with E-state index in [4.69, 9.17) is 0 Å². The van der Waals surface area contributed by atoms with Crippen molar-refractivity contribution in [3.05, 3.63) is 66.0 Å². The lowest BCUT2D eigenvalue weighted by atomic mass is 10.1. The highest BCUT2D eigenvalue weighted by atomic mass is 14.9. The second-order valence-electron chi connectivity index (χ2n) is 4.14. The third-order valence-corrected chi connectivity index (χ3v) is 2.88. The SMILES string of the molecule is C[C@H](N[C@H](C#N)c1ccncc1)c1ccccc1. The van der Waals surface area contributed by atoms with E-state index < -0.39 is 0 Å². The molecule has 2 rings (SSSR count). The molecule has 0 saturated carbocycles. The average molecular weight is 237 g/mol. The Balaban J connectivity index is 2.11. The van der Waals surface area contributed by atoms with Crippen LogP contribution in [0, 0.1) is 11.3 Å². The maximum Gasteiger partial charge on any atom is 0.121 e. The van der Waals surface area contributed by atoms with E-state index in [9.17, 15) is 5.26 Å². The highest BCUT2D eigenvalue weighted by Gasteiger charge is 2.14. The van der Waals surface area contributed by atoms with Gasteiger partial charge < -0.3 is 0 Å². The number of nitrogens with zero attached hydrogens (tertiary/aromatic N) is 2. The van der Waals surface area contributed by atoms with Gasteiger partial charge in [-0.25, -0.2) is 0 Å². The Bertz CT molecular complexity index is 516. The molecule has 0 aliphatic rings. The highest BCUT2D eigenvalue weighted by molar-refractivity contribution is 5.24. The van der Waals surface area contributed by atoms with Crippen LogP contribution < -0.4 is 5.32 Å². The molecule has 0 aliphatic carbocycles. The topological polar surface area (TPSA) is 48.7 Å². The molecule has 0 saturated heterocycles. The molecule has 0 aliphatic heterocycles. The summed E-state index contributed by atoms with van der Waals surface area (Å²) in [5.74, 6) is 0. The normalized spacial score (nSPS) is 13.6. The molecule has 3 nitrogen and oxygen atoms in total. The summed E-state index contributed by atoms with van der Waals surface area (Å²) < 4.78 is 0. The fraction of sp³-hybridized carbons (Fsp3) is 0.200. The van der Waals surface area contributed by atoms with Crippen LogP contribution in [-0.4, -0.2) is 4.98 Å². The minimum absolute atomic E-state index is 0.129. The van der Waals surface area contributed by atoms with Gasteiger partial charge in [0, 0.05) is 18.4 Å². The molecule has 0 fully saturated rings. The Kier molecular flexibility index (Phi) is 4.06. The van der Waals surface area contributed by atoms with Crippen molar-refractivity contribution < 1.29 is 0 Å². The second-order valence-corrected chi connectivity index (χ2v) is 4.14. The van der Waals surface area contributed by atoms with Gasteiger partial charge >= 0.3 is 0 Å². The zero-order valence-electron chi connectivity index (χ0n) is 10.2. The number of hydrogen-bond donors (Lipinski definition) is 1. The van der Waals surface area contributed by atoms with Gasteiger partial charge in [0.15, 0.2) is 0 Å². The molecule has 1 heterocycles. The van der Waals surface area contributed by atoms with Gasteiger partial charge in [0.25, 0.3) is 0 Å². The summed E-state index contributed by atoms with van der Waals surface area (Å²) in [6.07, 6.45) is 3.41. The number of nitrogens with one attached hydrogen (secondary N) is 1. The predicted octanol–water partition coefficient (Wildman–Crippen LogP) is 3.00. The monoisotopic (exact) mass is 237 g/mol. The summed E-state index contributed by atoms with van der Waals surface area (Å²) in [6.45, 7) is 2.06. The van der Waals surface area contributed by atoms with Gasteiger partial charge in [-0.2, -0.15) is 5.26 Å². The minimum Gasteiger partial charge on any atom is -0.292 e. The third kappa shape index (κ3) is 2.93. The number of hydrogen-bond acceptors (Lipinski definition) is 3. The third-order valence-electron chi connectivity index (χ3n) is 2.88. The van der Waals surface area contributed by atoms with Crippen LogP contribution in [0.4, 0.5) is 0 Å². The largest absolute Gasteiger partial charge is 0.292 e. The molecule has 1 aromatic heterocycles. The van der Waals surface area contributed by atoms with Crippen molar-refractivity contribution in [3.8, 4) is 6.07 Å². The minimum atomic E-state index is -0.316.